The first kappa shape index (κ1) is 23.3. The summed E-state index contributed by atoms with van der Waals surface area (Å²) in [5.74, 6) is -0.292. The Bertz CT molecular complexity index is 1070. The van der Waals surface area contributed by atoms with Crippen LogP contribution in [0.5, 0.6) is 5.75 Å². The molecule has 0 spiro atoms. The fraction of sp³-hybridized carbons (Fsp3) is 0.143. The molecule has 0 saturated carbocycles. The van der Waals surface area contributed by atoms with Gasteiger partial charge < -0.3 is 4.74 Å². The van der Waals surface area contributed by atoms with E-state index < -0.39 is 35.6 Å². The standard InChI is InChI=1S/C14H14N2O8S2.Na/c1-9-3-5-10(6-4-9)25(19,20)15-11-7-14(26(21,22)23)12(16(17)18)8-13(11)24-2;/h3-8,15H,1-2H3,(H,21,22,23);/q;+1. The molecular weight excluding hydrogens is 411 g/mol. The quantitative estimate of drug-likeness (QED) is 0.258. The van der Waals surface area contributed by atoms with E-state index >= 15 is 0 Å². The molecule has 0 fully saturated rings. The Balaban J connectivity index is 0.00000364. The molecule has 0 amide bonds. The van der Waals surface area contributed by atoms with Gasteiger partial charge in [0.1, 0.15) is 5.75 Å². The molecule has 0 heterocycles. The number of nitrogens with one attached hydrogen (secondary N) is 1. The zero-order chi connectivity index (χ0) is 19.7. The number of benzene rings is 2. The summed E-state index contributed by atoms with van der Waals surface area (Å²) in [6.45, 7) is 1.77. The Labute approximate surface area is 177 Å². The molecule has 0 aliphatic carbocycles. The van der Waals surface area contributed by atoms with Gasteiger partial charge in [-0.2, -0.15) is 8.42 Å². The number of hydrogen-bond acceptors (Lipinski definition) is 7. The monoisotopic (exact) mass is 425 g/mol. The molecule has 0 aliphatic rings. The SMILES string of the molecule is COc1cc([N+](=O)[O-])c(S(=O)(=O)O)cc1NS(=O)(=O)c1ccc(C)cc1.[Na+]. The molecule has 0 aromatic heterocycles. The van der Waals surface area contributed by atoms with Crippen LogP contribution in [-0.4, -0.2) is 33.4 Å². The maximum Gasteiger partial charge on any atom is 1.00 e. The normalized spacial score (nSPS) is 11.4. The molecule has 2 aromatic carbocycles. The first-order valence-electron chi connectivity index (χ1n) is 6.89. The molecule has 10 nitrogen and oxygen atoms in total. The van der Waals surface area contributed by atoms with Crippen LogP contribution in [0.15, 0.2) is 46.2 Å². The second kappa shape index (κ2) is 8.54. The van der Waals surface area contributed by atoms with E-state index in [1.165, 1.54) is 12.1 Å². The Kier molecular flexibility index (Phi) is 7.38. The Hall–Kier alpha value is -1.70. The summed E-state index contributed by atoms with van der Waals surface area (Å²) in [6, 6.07) is 7.11. The van der Waals surface area contributed by atoms with E-state index in [4.69, 9.17) is 4.74 Å². The Morgan fingerprint density at radius 3 is 2.11 bits per heavy atom. The minimum absolute atomic E-state index is 0. The fourth-order valence-electron chi connectivity index (χ4n) is 2.07. The maximum atomic E-state index is 12.4. The van der Waals surface area contributed by atoms with Gasteiger partial charge in [0.15, 0.2) is 4.90 Å². The van der Waals surface area contributed by atoms with E-state index in [0.717, 1.165) is 12.7 Å². The van der Waals surface area contributed by atoms with Crippen LogP contribution in [0, 0.1) is 17.0 Å². The van der Waals surface area contributed by atoms with Crippen molar-refractivity contribution in [3.8, 4) is 5.75 Å². The second-order valence-corrected chi connectivity index (χ2v) is 8.24. The van der Waals surface area contributed by atoms with Crippen LogP contribution in [0.25, 0.3) is 0 Å². The van der Waals surface area contributed by atoms with Gasteiger partial charge in [-0.3, -0.25) is 19.4 Å². The van der Waals surface area contributed by atoms with Gasteiger partial charge in [-0.25, -0.2) is 8.42 Å². The number of nitro groups is 1. The van der Waals surface area contributed by atoms with E-state index in [-0.39, 0.29) is 45.9 Å². The summed E-state index contributed by atoms with van der Waals surface area (Å²) in [7, 11) is -8.00. The molecule has 0 bridgehead atoms. The second-order valence-electron chi connectivity index (χ2n) is 5.17. The molecule has 0 radical (unpaired) electrons. The van der Waals surface area contributed by atoms with Crippen molar-refractivity contribution >= 4 is 31.5 Å². The van der Waals surface area contributed by atoms with Gasteiger partial charge in [-0.05, 0) is 25.1 Å². The summed E-state index contributed by atoms with van der Waals surface area (Å²) in [4.78, 5) is 8.81. The largest absolute Gasteiger partial charge is 1.00 e. The first-order chi connectivity index (χ1) is 12.0. The van der Waals surface area contributed by atoms with Crippen LogP contribution in [0.3, 0.4) is 0 Å². The number of ether oxygens (including phenoxy) is 1. The third kappa shape index (κ3) is 5.40. The van der Waals surface area contributed by atoms with Crippen molar-refractivity contribution in [1.29, 1.82) is 0 Å². The van der Waals surface area contributed by atoms with Crippen molar-refractivity contribution in [2.24, 2.45) is 0 Å². The molecule has 140 valence electrons. The van der Waals surface area contributed by atoms with Gasteiger partial charge >= 0.3 is 39.7 Å². The van der Waals surface area contributed by atoms with E-state index in [1.807, 2.05) is 0 Å². The summed E-state index contributed by atoms with van der Waals surface area (Å²) in [5, 5.41) is 11.0. The van der Waals surface area contributed by atoms with Crippen molar-refractivity contribution < 1.29 is 60.6 Å². The molecule has 27 heavy (non-hydrogen) atoms. The average Bonchev–Trinajstić information content (AvgIpc) is 2.53. The first-order valence-corrected chi connectivity index (χ1v) is 9.81. The van der Waals surface area contributed by atoms with Crippen LogP contribution >= 0.6 is 0 Å². The number of sulfonamides is 1. The third-order valence-electron chi connectivity index (χ3n) is 3.33. The van der Waals surface area contributed by atoms with E-state index in [9.17, 15) is 31.5 Å². The summed E-state index contributed by atoms with van der Waals surface area (Å²) >= 11 is 0. The predicted octanol–water partition coefficient (Wildman–Crippen LogP) is -1.04. The Morgan fingerprint density at radius 2 is 1.67 bits per heavy atom. The number of hydrogen-bond donors (Lipinski definition) is 2. The molecule has 0 aliphatic heterocycles. The molecule has 2 aromatic rings. The van der Waals surface area contributed by atoms with Crippen molar-refractivity contribution in [3.63, 3.8) is 0 Å². The number of nitrogens with zero attached hydrogens (tertiary/aromatic N) is 1. The predicted molar refractivity (Wildman–Crippen MR) is 91.5 cm³/mol. The molecular formula is C14H14N2NaO8S2+. The third-order valence-corrected chi connectivity index (χ3v) is 5.60. The Morgan fingerprint density at radius 1 is 1.11 bits per heavy atom. The van der Waals surface area contributed by atoms with Crippen molar-refractivity contribution in [3.05, 3.63) is 52.1 Å². The molecule has 13 heteroatoms. The summed E-state index contributed by atoms with van der Waals surface area (Å²) in [6.07, 6.45) is 0. The number of rotatable bonds is 6. The zero-order valence-corrected chi connectivity index (χ0v) is 18.2. The van der Waals surface area contributed by atoms with Crippen molar-refractivity contribution in [2.75, 3.05) is 11.8 Å². The van der Waals surface area contributed by atoms with Crippen LogP contribution < -0.4 is 39.0 Å². The molecule has 2 rings (SSSR count). The van der Waals surface area contributed by atoms with E-state index in [0.29, 0.717) is 12.1 Å². The zero-order valence-electron chi connectivity index (χ0n) is 14.5. The van der Waals surface area contributed by atoms with Crippen molar-refractivity contribution in [1.82, 2.24) is 0 Å². The topological polar surface area (TPSA) is 153 Å². The van der Waals surface area contributed by atoms with Gasteiger partial charge in [0.25, 0.3) is 15.7 Å². The van der Waals surface area contributed by atoms with Gasteiger partial charge in [0, 0.05) is 0 Å². The van der Waals surface area contributed by atoms with Crippen LogP contribution in [-0.2, 0) is 20.1 Å². The van der Waals surface area contributed by atoms with Gasteiger partial charge in [-0.15, -0.1) is 0 Å². The average molecular weight is 425 g/mol. The number of nitro benzene ring substituents is 1. The summed E-state index contributed by atoms with van der Waals surface area (Å²) in [5.41, 5.74) is -0.514. The van der Waals surface area contributed by atoms with E-state index in [2.05, 4.69) is 4.72 Å². The number of anilines is 1. The molecule has 0 atom stereocenters. The van der Waals surface area contributed by atoms with Gasteiger partial charge in [0.2, 0.25) is 0 Å². The smallest absolute Gasteiger partial charge is 0.494 e. The minimum atomic E-state index is -4.98. The number of aryl methyl sites for hydroxylation is 1. The van der Waals surface area contributed by atoms with Crippen LogP contribution in [0.4, 0.5) is 11.4 Å². The van der Waals surface area contributed by atoms with Gasteiger partial charge in [-0.1, -0.05) is 17.7 Å². The van der Waals surface area contributed by atoms with E-state index in [1.54, 1.807) is 19.1 Å². The minimum Gasteiger partial charge on any atom is -0.494 e. The van der Waals surface area contributed by atoms with Crippen LogP contribution in [0.1, 0.15) is 5.56 Å². The van der Waals surface area contributed by atoms with Gasteiger partial charge in [0.05, 0.1) is 28.7 Å². The van der Waals surface area contributed by atoms with Crippen LogP contribution in [0.2, 0.25) is 0 Å². The fourth-order valence-corrected chi connectivity index (χ4v) is 3.79. The molecule has 0 unspecified atom stereocenters. The van der Waals surface area contributed by atoms with Crippen molar-refractivity contribution in [2.45, 2.75) is 16.7 Å². The molecule has 0 saturated heterocycles. The summed E-state index contributed by atoms with van der Waals surface area (Å²) < 4.78 is 63.9. The number of methoxy groups -OCH3 is 1. The maximum absolute atomic E-state index is 12.4. The molecule has 2 N–H and O–H groups in total.